The van der Waals surface area contributed by atoms with Gasteiger partial charge in [-0.25, -0.2) is 4.79 Å². The topological polar surface area (TPSA) is 117 Å². The Hall–Kier alpha value is -3.10. The van der Waals surface area contributed by atoms with E-state index < -0.39 is 10.9 Å². The van der Waals surface area contributed by atoms with Gasteiger partial charge in [-0.2, -0.15) is 0 Å². The van der Waals surface area contributed by atoms with Gasteiger partial charge in [0.15, 0.2) is 0 Å². The molecule has 0 amide bonds. The minimum Gasteiger partial charge on any atom is -0.497 e. The molecule has 9 heteroatoms. The average molecular weight is 293 g/mol. The summed E-state index contributed by atoms with van der Waals surface area (Å²) in [6.07, 6.45) is 1.17. The summed E-state index contributed by atoms with van der Waals surface area (Å²) in [6.45, 7) is 0. The van der Waals surface area contributed by atoms with Crippen molar-refractivity contribution in [3.63, 3.8) is 0 Å². The summed E-state index contributed by atoms with van der Waals surface area (Å²) in [4.78, 5) is 21.4. The molecule has 0 bridgehead atoms. The summed E-state index contributed by atoms with van der Waals surface area (Å²) >= 11 is 0. The molecular weight excluding hydrogens is 282 g/mol. The first-order valence-corrected chi connectivity index (χ1v) is 5.69. The van der Waals surface area contributed by atoms with Crippen molar-refractivity contribution >= 4 is 11.7 Å². The van der Waals surface area contributed by atoms with Crippen molar-refractivity contribution in [3.05, 3.63) is 40.1 Å². The lowest BCUT2D eigenvalue weighted by molar-refractivity contribution is -0.385. The van der Waals surface area contributed by atoms with Gasteiger partial charge in [-0.1, -0.05) is 0 Å². The van der Waals surface area contributed by atoms with Gasteiger partial charge < -0.3 is 14.6 Å². The molecule has 0 aliphatic heterocycles. The number of aromatic nitrogens is 2. The van der Waals surface area contributed by atoms with Crippen LogP contribution in [0.1, 0.15) is 10.4 Å². The fraction of sp³-hybridized carbons (Fsp3) is 0.167. The Morgan fingerprint density at radius 2 is 2.19 bits per heavy atom. The van der Waals surface area contributed by atoms with E-state index in [0.717, 1.165) is 0 Å². The van der Waals surface area contributed by atoms with E-state index in [9.17, 15) is 14.9 Å². The van der Waals surface area contributed by atoms with Crippen molar-refractivity contribution in [2.75, 3.05) is 7.11 Å². The number of methoxy groups -OCH3 is 1. The zero-order valence-corrected chi connectivity index (χ0v) is 11.1. The quantitative estimate of drug-likeness (QED) is 0.660. The molecule has 0 aliphatic rings. The summed E-state index contributed by atoms with van der Waals surface area (Å²) in [5.41, 5.74) is -0.543. The standard InChI is InChI=1S/C12H11N3O6/c1-14-6-9(15(18)19)11(13-14)21-10-4-3-7(20-2)5-8(10)12(16)17/h3-6H,1-2H3,(H,16,17). The predicted octanol–water partition coefficient (Wildman–Crippen LogP) is 1.83. The van der Waals surface area contributed by atoms with Gasteiger partial charge in [-0.05, 0) is 18.2 Å². The van der Waals surface area contributed by atoms with Crippen LogP contribution >= 0.6 is 0 Å². The van der Waals surface area contributed by atoms with E-state index in [0.29, 0.717) is 5.75 Å². The van der Waals surface area contributed by atoms with Crippen LogP contribution in [0.25, 0.3) is 0 Å². The SMILES string of the molecule is COc1ccc(Oc2nn(C)cc2[N+](=O)[O-])c(C(=O)O)c1. The molecular formula is C12H11N3O6. The third kappa shape index (κ3) is 2.91. The van der Waals surface area contributed by atoms with Gasteiger partial charge >= 0.3 is 17.5 Å². The highest BCUT2D eigenvalue weighted by atomic mass is 16.6. The maximum atomic E-state index is 11.2. The van der Waals surface area contributed by atoms with Crippen LogP contribution in [0.3, 0.4) is 0 Å². The second kappa shape index (κ2) is 5.49. The van der Waals surface area contributed by atoms with E-state index in [1.54, 1.807) is 0 Å². The van der Waals surface area contributed by atoms with Gasteiger partial charge in [0.05, 0.1) is 12.0 Å². The molecule has 2 rings (SSSR count). The van der Waals surface area contributed by atoms with E-state index in [1.807, 2.05) is 0 Å². The molecule has 0 radical (unpaired) electrons. The van der Waals surface area contributed by atoms with Crippen molar-refractivity contribution in [1.29, 1.82) is 0 Å². The number of ether oxygens (including phenoxy) is 2. The first-order valence-electron chi connectivity index (χ1n) is 5.69. The molecule has 1 N–H and O–H groups in total. The van der Waals surface area contributed by atoms with Crippen molar-refractivity contribution in [1.82, 2.24) is 9.78 Å². The molecule has 0 aliphatic carbocycles. The number of carboxylic acid groups (broad SMARTS) is 1. The number of carbonyl (C=O) groups is 1. The number of hydrogen-bond acceptors (Lipinski definition) is 6. The van der Waals surface area contributed by atoms with E-state index in [-0.39, 0.29) is 22.9 Å². The first-order chi connectivity index (χ1) is 9.92. The van der Waals surface area contributed by atoms with E-state index >= 15 is 0 Å². The van der Waals surface area contributed by atoms with Gasteiger partial charge in [0, 0.05) is 7.05 Å². The van der Waals surface area contributed by atoms with Crippen LogP contribution in [-0.2, 0) is 7.05 Å². The number of hydrogen-bond donors (Lipinski definition) is 1. The lowest BCUT2D eigenvalue weighted by Crippen LogP contribution is -2.02. The van der Waals surface area contributed by atoms with Crippen molar-refractivity contribution in [3.8, 4) is 17.4 Å². The maximum Gasteiger partial charge on any atom is 0.350 e. The minimum atomic E-state index is -1.25. The van der Waals surface area contributed by atoms with Crippen LogP contribution in [0.5, 0.6) is 17.4 Å². The molecule has 0 unspecified atom stereocenters. The molecule has 0 atom stereocenters. The van der Waals surface area contributed by atoms with Gasteiger partial charge in [0.1, 0.15) is 23.3 Å². The molecule has 0 spiro atoms. The van der Waals surface area contributed by atoms with Gasteiger partial charge in [0.2, 0.25) is 0 Å². The Morgan fingerprint density at radius 1 is 1.48 bits per heavy atom. The number of rotatable bonds is 5. The largest absolute Gasteiger partial charge is 0.497 e. The Balaban J connectivity index is 2.44. The second-order valence-electron chi connectivity index (χ2n) is 4.02. The van der Waals surface area contributed by atoms with Crippen LogP contribution in [0.4, 0.5) is 5.69 Å². The Bertz CT molecular complexity index is 709. The summed E-state index contributed by atoms with van der Waals surface area (Å²) in [5.74, 6) is -1.27. The summed E-state index contributed by atoms with van der Waals surface area (Å²) in [6, 6.07) is 4.09. The lowest BCUT2D eigenvalue weighted by atomic mass is 10.2. The van der Waals surface area contributed by atoms with Crippen LogP contribution in [-0.4, -0.2) is 32.9 Å². The Morgan fingerprint density at radius 3 is 2.76 bits per heavy atom. The number of carboxylic acids is 1. The molecule has 1 heterocycles. The number of nitrogens with zero attached hydrogens (tertiary/aromatic N) is 3. The van der Waals surface area contributed by atoms with Crippen LogP contribution < -0.4 is 9.47 Å². The molecule has 9 nitrogen and oxygen atoms in total. The fourth-order valence-electron chi connectivity index (χ4n) is 1.65. The third-order valence-corrected chi connectivity index (χ3v) is 2.60. The van der Waals surface area contributed by atoms with Crippen LogP contribution in [0, 0.1) is 10.1 Å². The second-order valence-corrected chi connectivity index (χ2v) is 4.02. The molecule has 21 heavy (non-hydrogen) atoms. The molecule has 1 aromatic carbocycles. The van der Waals surface area contributed by atoms with Crippen molar-refractivity contribution in [2.45, 2.75) is 0 Å². The van der Waals surface area contributed by atoms with Gasteiger partial charge in [-0.3, -0.25) is 14.8 Å². The maximum absolute atomic E-state index is 11.2. The number of aromatic carboxylic acids is 1. The highest BCUT2D eigenvalue weighted by molar-refractivity contribution is 5.91. The highest BCUT2D eigenvalue weighted by Gasteiger charge is 2.23. The zero-order chi connectivity index (χ0) is 15.6. The zero-order valence-electron chi connectivity index (χ0n) is 11.1. The smallest absolute Gasteiger partial charge is 0.350 e. The average Bonchev–Trinajstić information content (AvgIpc) is 2.80. The monoisotopic (exact) mass is 293 g/mol. The van der Waals surface area contributed by atoms with Crippen molar-refractivity contribution < 1.29 is 24.3 Å². The highest BCUT2D eigenvalue weighted by Crippen LogP contribution is 2.32. The molecule has 0 fully saturated rings. The van der Waals surface area contributed by atoms with Crippen molar-refractivity contribution in [2.24, 2.45) is 7.05 Å². The molecule has 110 valence electrons. The fourth-order valence-corrected chi connectivity index (χ4v) is 1.65. The van der Waals surface area contributed by atoms with Crippen LogP contribution in [0.15, 0.2) is 24.4 Å². The minimum absolute atomic E-state index is 0.0647. The Kier molecular flexibility index (Phi) is 3.74. The van der Waals surface area contributed by atoms with E-state index in [4.69, 9.17) is 14.6 Å². The predicted molar refractivity (Wildman–Crippen MR) is 69.9 cm³/mol. The summed E-state index contributed by atoms with van der Waals surface area (Å²) in [7, 11) is 2.89. The summed E-state index contributed by atoms with van der Waals surface area (Å²) in [5, 5.41) is 23.8. The van der Waals surface area contributed by atoms with Gasteiger partial charge in [0.25, 0.3) is 0 Å². The third-order valence-electron chi connectivity index (χ3n) is 2.60. The number of nitro groups is 1. The molecule has 0 saturated carbocycles. The molecule has 1 aromatic heterocycles. The normalized spacial score (nSPS) is 10.2. The van der Waals surface area contributed by atoms with E-state index in [1.165, 1.54) is 43.2 Å². The van der Waals surface area contributed by atoms with Crippen LogP contribution in [0.2, 0.25) is 0 Å². The van der Waals surface area contributed by atoms with Gasteiger partial charge in [-0.15, -0.1) is 5.10 Å². The number of benzene rings is 1. The molecule has 2 aromatic rings. The lowest BCUT2D eigenvalue weighted by Gasteiger charge is -2.08. The Labute approximate surface area is 118 Å². The van der Waals surface area contributed by atoms with E-state index in [2.05, 4.69) is 5.10 Å². The summed E-state index contributed by atoms with van der Waals surface area (Å²) < 4.78 is 11.4. The first kappa shape index (κ1) is 14.3. The molecule has 0 saturated heterocycles. The number of aryl methyl sites for hydroxylation is 1.